The van der Waals surface area contributed by atoms with Crippen molar-refractivity contribution in [1.82, 2.24) is 0 Å². The van der Waals surface area contributed by atoms with Crippen LogP contribution < -0.4 is 11.5 Å². The van der Waals surface area contributed by atoms with E-state index < -0.39 is 0 Å². The molecule has 0 heterocycles. The maximum atomic E-state index is 9.81. The van der Waals surface area contributed by atoms with Crippen LogP contribution >= 0.6 is 0 Å². The highest BCUT2D eigenvalue weighted by Crippen LogP contribution is 1.71. The number of rotatable bonds is 3. The van der Waals surface area contributed by atoms with Crippen LogP contribution in [0.15, 0.2) is 0 Å². The van der Waals surface area contributed by atoms with Gasteiger partial charge in [-0.25, -0.2) is 0 Å². The maximum absolute atomic E-state index is 9.81. The van der Waals surface area contributed by atoms with E-state index in [0.29, 0.717) is 6.42 Å². The monoisotopic (exact) mass is 218 g/mol. The SMILES string of the molecule is CC(=O)CN.CC(=O)CN.CCC(C)=O. The van der Waals surface area contributed by atoms with Gasteiger partial charge < -0.3 is 16.3 Å². The molecule has 5 nitrogen and oxygen atoms in total. The van der Waals surface area contributed by atoms with Crippen molar-refractivity contribution in [2.24, 2.45) is 11.5 Å². The van der Waals surface area contributed by atoms with Crippen molar-refractivity contribution >= 4 is 17.3 Å². The third-order valence-electron chi connectivity index (χ3n) is 1.07. The van der Waals surface area contributed by atoms with Crippen molar-refractivity contribution in [3.8, 4) is 0 Å². The Kier molecular flexibility index (Phi) is 20.0. The maximum Gasteiger partial charge on any atom is 0.143 e. The highest BCUT2D eigenvalue weighted by molar-refractivity contribution is 5.77. The molecule has 0 bridgehead atoms. The van der Waals surface area contributed by atoms with Gasteiger partial charge in [0.1, 0.15) is 17.3 Å². The van der Waals surface area contributed by atoms with Gasteiger partial charge >= 0.3 is 0 Å². The normalized spacial score (nSPS) is 7.60. The second kappa shape index (κ2) is 15.4. The molecule has 0 spiro atoms. The fourth-order valence-corrected chi connectivity index (χ4v) is 0. The highest BCUT2D eigenvalue weighted by atomic mass is 16.1. The molecule has 0 aliphatic carbocycles. The minimum Gasteiger partial charge on any atom is -0.324 e. The van der Waals surface area contributed by atoms with Gasteiger partial charge in [-0.3, -0.25) is 9.59 Å². The molecule has 0 aliphatic rings. The van der Waals surface area contributed by atoms with E-state index in [2.05, 4.69) is 0 Å². The van der Waals surface area contributed by atoms with E-state index in [-0.39, 0.29) is 30.4 Å². The van der Waals surface area contributed by atoms with Crippen LogP contribution in [0.5, 0.6) is 0 Å². The fourth-order valence-electron chi connectivity index (χ4n) is 0. The minimum atomic E-state index is 0.0324. The summed E-state index contributed by atoms with van der Waals surface area (Å²) in [4.78, 5) is 29.2. The lowest BCUT2D eigenvalue weighted by Gasteiger charge is -1.73. The standard InChI is InChI=1S/C4H8O.2C3H7NO/c1-3-4(2)5;2*1-3(5)2-4/h3H2,1-2H3;2*2,4H2,1H3. The first-order chi connectivity index (χ1) is 6.81. The molecular formula is C10H22N2O3. The Morgan fingerprint density at radius 1 is 0.800 bits per heavy atom. The van der Waals surface area contributed by atoms with Crippen LogP contribution in [0, 0.1) is 0 Å². The highest BCUT2D eigenvalue weighted by Gasteiger charge is 1.77. The molecule has 0 saturated carbocycles. The third-order valence-corrected chi connectivity index (χ3v) is 1.07. The number of carbonyl (C=O) groups excluding carboxylic acids is 3. The van der Waals surface area contributed by atoms with Crippen molar-refractivity contribution in [3.05, 3.63) is 0 Å². The zero-order valence-electron chi connectivity index (χ0n) is 10.0. The van der Waals surface area contributed by atoms with Gasteiger partial charge in [-0.15, -0.1) is 0 Å². The molecule has 5 heteroatoms. The molecule has 0 radical (unpaired) electrons. The summed E-state index contributed by atoms with van der Waals surface area (Å²) < 4.78 is 0. The second-order valence-electron chi connectivity index (χ2n) is 2.87. The Balaban J connectivity index is -0.000000144. The topological polar surface area (TPSA) is 103 Å². The quantitative estimate of drug-likeness (QED) is 0.696. The molecule has 0 aromatic rings. The van der Waals surface area contributed by atoms with Gasteiger partial charge in [-0.2, -0.15) is 0 Å². The average Bonchev–Trinajstić information content (AvgIpc) is 2.19. The summed E-state index contributed by atoms with van der Waals surface area (Å²) >= 11 is 0. The smallest absolute Gasteiger partial charge is 0.143 e. The van der Waals surface area contributed by atoms with Gasteiger partial charge in [0, 0.05) is 6.42 Å². The number of hydrogen-bond donors (Lipinski definition) is 2. The van der Waals surface area contributed by atoms with E-state index in [1.807, 2.05) is 6.92 Å². The predicted molar refractivity (Wildman–Crippen MR) is 60.4 cm³/mol. The van der Waals surface area contributed by atoms with Crippen molar-refractivity contribution in [3.63, 3.8) is 0 Å². The van der Waals surface area contributed by atoms with Gasteiger partial charge in [0.2, 0.25) is 0 Å². The molecule has 0 atom stereocenters. The Morgan fingerprint density at radius 2 is 0.933 bits per heavy atom. The molecule has 0 aromatic heterocycles. The summed E-state index contributed by atoms with van der Waals surface area (Å²) in [7, 11) is 0. The molecule has 0 saturated heterocycles. The second-order valence-corrected chi connectivity index (χ2v) is 2.87. The summed E-state index contributed by atoms with van der Waals surface area (Å²) in [5.74, 6) is 0.319. The molecule has 4 N–H and O–H groups in total. The molecule has 0 fully saturated rings. The molecular weight excluding hydrogens is 196 g/mol. The van der Waals surface area contributed by atoms with Crippen LogP contribution in [0.3, 0.4) is 0 Å². The van der Waals surface area contributed by atoms with Crippen LogP contribution in [0.2, 0.25) is 0 Å². The number of ketones is 3. The van der Waals surface area contributed by atoms with Crippen LogP contribution in [-0.4, -0.2) is 30.4 Å². The van der Waals surface area contributed by atoms with E-state index in [9.17, 15) is 14.4 Å². The first-order valence-corrected chi connectivity index (χ1v) is 4.70. The van der Waals surface area contributed by atoms with Crippen LogP contribution in [-0.2, 0) is 14.4 Å². The summed E-state index contributed by atoms with van der Waals surface area (Å²) in [5.41, 5.74) is 9.64. The molecule has 0 rings (SSSR count). The van der Waals surface area contributed by atoms with Gasteiger partial charge in [0.25, 0.3) is 0 Å². The summed E-state index contributed by atoms with van der Waals surface area (Å²) in [6.07, 6.45) is 0.667. The Morgan fingerprint density at radius 3 is 0.933 bits per heavy atom. The van der Waals surface area contributed by atoms with Crippen molar-refractivity contribution in [2.75, 3.05) is 13.1 Å². The summed E-state index contributed by atoms with van der Waals surface area (Å²) in [6, 6.07) is 0. The summed E-state index contributed by atoms with van der Waals surface area (Å²) in [6.45, 7) is 6.68. The molecule has 0 unspecified atom stereocenters. The van der Waals surface area contributed by atoms with E-state index in [0.717, 1.165) is 0 Å². The predicted octanol–water partition coefficient (Wildman–Crippen LogP) is 0.0536. The van der Waals surface area contributed by atoms with E-state index in [1.54, 1.807) is 6.92 Å². The van der Waals surface area contributed by atoms with Gasteiger partial charge in [-0.1, -0.05) is 6.92 Å². The average molecular weight is 218 g/mol. The zero-order valence-corrected chi connectivity index (χ0v) is 10.0. The molecule has 0 amide bonds. The molecule has 0 aliphatic heterocycles. The number of nitrogens with two attached hydrogens (primary N) is 2. The Bertz CT molecular complexity index is 158. The first-order valence-electron chi connectivity index (χ1n) is 4.70. The van der Waals surface area contributed by atoms with Gasteiger partial charge in [0.15, 0.2) is 0 Å². The minimum absolute atomic E-state index is 0.0324. The lowest BCUT2D eigenvalue weighted by atomic mass is 10.4. The first kappa shape index (κ1) is 19.5. The van der Waals surface area contributed by atoms with E-state index >= 15 is 0 Å². The fraction of sp³-hybridized carbons (Fsp3) is 0.700. The molecule has 90 valence electrons. The number of hydrogen-bond acceptors (Lipinski definition) is 5. The zero-order chi connectivity index (χ0) is 12.9. The van der Waals surface area contributed by atoms with Crippen LogP contribution in [0.1, 0.15) is 34.1 Å². The van der Waals surface area contributed by atoms with Crippen LogP contribution in [0.4, 0.5) is 0 Å². The van der Waals surface area contributed by atoms with Crippen LogP contribution in [0.25, 0.3) is 0 Å². The van der Waals surface area contributed by atoms with Gasteiger partial charge in [0.05, 0.1) is 13.1 Å². The largest absolute Gasteiger partial charge is 0.324 e. The lowest BCUT2D eigenvalue weighted by molar-refractivity contribution is -0.117. The third kappa shape index (κ3) is 63.6. The van der Waals surface area contributed by atoms with E-state index in [1.165, 1.54) is 13.8 Å². The lowest BCUT2D eigenvalue weighted by Crippen LogP contribution is -2.07. The Hall–Kier alpha value is -1.07. The number of Topliss-reactive ketones (excluding diaryl/α,β-unsaturated/α-hetero) is 3. The van der Waals surface area contributed by atoms with Crippen molar-refractivity contribution in [2.45, 2.75) is 34.1 Å². The number of carbonyl (C=O) groups is 3. The van der Waals surface area contributed by atoms with Gasteiger partial charge in [-0.05, 0) is 20.8 Å². The van der Waals surface area contributed by atoms with E-state index in [4.69, 9.17) is 11.5 Å². The molecule has 15 heavy (non-hydrogen) atoms. The Labute approximate surface area is 91.2 Å². The summed E-state index contributed by atoms with van der Waals surface area (Å²) in [5, 5.41) is 0. The van der Waals surface area contributed by atoms with Crippen molar-refractivity contribution < 1.29 is 14.4 Å². The molecule has 0 aromatic carbocycles. The van der Waals surface area contributed by atoms with Crippen molar-refractivity contribution in [1.29, 1.82) is 0 Å².